The van der Waals surface area contributed by atoms with E-state index in [0.717, 1.165) is 11.1 Å². The molecule has 0 spiro atoms. The standard InChI is InChI=1S/C22H21N3O4S/c1-14-6-9-19(12-15(14)2)25-30(28,29)20-10-7-16(8-11-20)22(27)24-18-5-3-4-17(13-18)21(23)26/h3-13,25H,1-2H3,(H2,23,26)(H,24,27). The van der Waals surface area contributed by atoms with E-state index in [-0.39, 0.29) is 16.0 Å². The Morgan fingerprint density at radius 2 is 1.50 bits per heavy atom. The van der Waals surface area contributed by atoms with Gasteiger partial charge in [-0.3, -0.25) is 14.3 Å². The highest BCUT2D eigenvalue weighted by molar-refractivity contribution is 7.92. The summed E-state index contributed by atoms with van der Waals surface area (Å²) in [5.41, 5.74) is 8.69. The molecule has 0 aliphatic rings. The van der Waals surface area contributed by atoms with Gasteiger partial charge in [-0.05, 0) is 79.6 Å². The van der Waals surface area contributed by atoms with E-state index in [1.54, 1.807) is 30.3 Å². The van der Waals surface area contributed by atoms with Gasteiger partial charge in [-0.2, -0.15) is 0 Å². The Morgan fingerprint density at radius 3 is 2.13 bits per heavy atom. The van der Waals surface area contributed by atoms with E-state index >= 15 is 0 Å². The van der Waals surface area contributed by atoms with Crippen molar-refractivity contribution < 1.29 is 18.0 Å². The predicted octanol–water partition coefficient (Wildman–Crippen LogP) is 3.46. The molecule has 0 saturated carbocycles. The van der Waals surface area contributed by atoms with Crippen molar-refractivity contribution in [3.05, 3.63) is 89.0 Å². The molecule has 2 amide bonds. The van der Waals surface area contributed by atoms with Gasteiger partial charge in [0.25, 0.3) is 15.9 Å². The molecular weight excluding hydrogens is 402 g/mol. The molecule has 0 heterocycles. The van der Waals surface area contributed by atoms with Crippen LogP contribution < -0.4 is 15.8 Å². The SMILES string of the molecule is Cc1ccc(NS(=O)(=O)c2ccc(C(=O)Nc3cccc(C(N)=O)c3)cc2)cc1C. The lowest BCUT2D eigenvalue weighted by molar-refractivity contribution is 0.0996. The first-order valence-corrected chi connectivity index (χ1v) is 10.6. The summed E-state index contributed by atoms with van der Waals surface area (Å²) in [6.07, 6.45) is 0. The van der Waals surface area contributed by atoms with Crippen LogP contribution in [0.5, 0.6) is 0 Å². The molecule has 0 atom stereocenters. The molecule has 0 aliphatic heterocycles. The maximum atomic E-state index is 12.6. The molecule has 7 nitrogen and oxygen atoms in total. The average molecular weight is 423 g/mol. The van der Waals surface area contributed by atoms with E-state index in [1.165, 1.54) is 30.3 Å². The second-order valence-corrected chi connectivity index (χ2v) is 8.51. The second-order valence-electron chi connectivity index (χ2n) is 6.83. The number of hydrogen-bond donors (Lipinski definition) is 3. The lowest BCUT2D eigenvalue weighted by Gasteiger charge is -2.11. The number of rotatable bonds is 6. The van der Waals surface area contributed by atoms with Crippen LogP contribution in [-0.4, -0.2) is 20.2 Å². The number of amides is 2. The quantitative estimate of drug-likeness (QED) is 0.563. The highest BCUT2D eigenvalue weighted by Crippen LogP contribution is 2.20. The highest BCUT2D eigenvalue weighted by Gasteiger charge is 2.16. The molecule has 3 aromatic rings. The molecule has 4 N–H and O–H groups in total. The smallest absolute Gasteiger partial charge is 0.261 e. The van der Waals surface area contributed by atoms with Crippen LogP contribution in [-0.2, 0) is 10.0 Å². The Kier molecular flexibility index (Phi) is 5.89. The van der Waals surface area contributed by atoms with Crippen LogP contribution >= 0.6 is 0 Å². The van der Waals surface area contributed by atoms with Gasteiger partial charge >= 0.3 is 0 Å². The fraction of sp³-hybridized carbons (Fsp3) is 0.0909. The van der Waals surface area contributed by atoms with Crippen molar-refractivity contribution in [1.82, 2.24) is 0 Å². The third-order valence-corrected chi connectivity index (χ3v) is 5.99. The normalized spacial score (nSPS) is 11.0. The molecular formula is C22H21N3O4S. The molecule has 3 rings (SSSR count). The fourth-order valence-electron chi connectivity index (χ4n) is 2.76. The highest BCUT2D eigenvalue weighted by atomic mass is 32.2. The summed E-state index contributed by atoms with van der Waals surface area (Å²) in [5, 5.41) is 2.65. The summed E-state index contributed by atoms with van der Waals surface area (Å²) >= 11 is 0. The zero-order chi connectivity index (χ0) is 21.9. The minimum absolute atomic E-state index is 0.0352. The number of benzene rings is 3. The third kappa shape index (κ3) is 4.84. The van der Waals surface area contributed by atoms with Crippen molar-refractivity contribution in [2.45, 2.75) is 18.7 Å². The zero-order valence-electron chi connectivity index (χ0n) is 16.5. The molecule has 30 heavy (non-hydrogen) atoms. The molecule has 3 aromatic carbocycles. The Labute approximate surface area is 175 Å². The molecule has 0 radical (unpaired) electrons. The number of carbonyl (C=O) groups is 2. The molecule has 154 valence electrons. The van der Waals surface area contributed by atoms with Gasteiger partial charge in [-0.25, -0.2) is 8.42 Å². The molecule has 0 aromatic heterocycles. The summed E-state index contributed by atoms with van der Waals surface area (Å²) in [6.45, 7) is 3.85. The van der Waals surface area contributed by atoms with Crippen LogP contribution in [0.15, 0.2) is 71.6 Å². The first-order valence-electron chi connectivity index (χ1n) is 9.07. The topological polar surface area (TPSA) is 118 Å². The monoisotopic (exact) mass is 423 g/mol. The van der Waals surface area contributed by atoms with E-state index in [9.17, 15) is 18.0 Å². The number of nitrogens with two attached hydrogens (primary N) is 1. The number of nitrogens with one attached hydrogen (secondary N) is 2. The third-order valence-electron chi connectivity index (χ3n) is 4.59. The van der Waals surface area contributed by atoms with Gasteiger partial charge < -0.3 is 11.1 Å². The number of hydrogen-bond acceptors (Lipinski definition) is 4. The van der Waals surface area contributed by atoms with Crippen molar-refractivity contribution >= 4 is 33.2 Å². The Hall–Kier alpha value is -3.65. The van der Waals surface area contributed by atoms with Crippen molar-refractivity contribution in [1.29, 1.82) is 0 Å². The van der Waals surface area contributed by atoms with Gasteiger partial charge in [0.15, 0.2) is 0 Å². The first-order chi connectivity index (χ1) is 14.2. The average Bonchev–Trinajstić information content (AvgIpc) is 2.71. The van der Waals surface area contributed by atoms with Crippen LogP contribution in [0.2, 0.25) is 0 Å². The van der Waals surface area contributed by atoms with Crippen LogP contribution in [0.4, 0.5) is 11.4 Å². The molecule has 0 fully saturated rings. The Bertz CT molecular complexity index is 1220. The minimum Gasteiger partial charge on any atom is -0.366 e. The van der Waals surface area contributed by atoms with Crippen LogP contribution in [0.1, 0.15) is 31.8 Å². The van der Waals surface area contributed by atoms with Gasteiger partial charge in [0.1, 0.15) is 0 Å². The van der Waals surface area contributed by atoms with E-state index in [4.69, 9.17) is 5.73 Å². The molecule has 0 bridgehead atoms. The van der Waals surface area contributed by atoms with Crippen molar-refractivity contribution in [2.75, 3.05) is 10.0 Å². The number of carbonyl (C=O) groups excluding carboxylic acids is 2. The Balaban J connectivity index is 1.74. The van der Waals surface area contributed by atoms with Crippen molar-refractivity contribution in [3.63, 3.8) is 0 Å². The maximum Gasteiger partial charge on any atom is 0.261 e. The van der Waals surface area contributed by atoms with E-state index < -0.39 is 21.8 Å². The van der Waals surface area contributed by atoms with Crippen LogP contribution in [0.25, 0.3) is 0 Å². The molecule has 8 heteroatoms. The van der Waals surface area contributed by atoms with Gasteiger partial charge in [0.05, 0.1) is 4.90 Å². The molecule has 0 aliphatic carbocycles. The summed E-state index contributed by atoms with van der Waals surface area (Å²) < 4.78 is 27.8. The van der Waals surface area contributed by atoms with Crippen LogP contribution in [0.3, 0.4) is 0 Å². The molecule has 0 saturated heterocycles. The fourth-order valence-corrected chi connectivity index (χ4v) is 3.81. The van der Waals surface area contributed by atoms with E-state index in [1.807, 2.05) is 19.9 Å². The van der Waals surface area contributed by atoms with Gasteiger partial charge in [0.2, 0.25) is 5.91 Å². The number of primary amides is 1. The summed E-state index contributed by atoms with van der Waals surface area (Å²) in [6, 6.07) is 17.1. The lowest BCUT2D eigenvalue weighted by Crippen LogP contribution is -2.15. The minimum atomic E-state index is -3.79. The van der Waals surface area contributed by atoms with Gasteiger partial charge in [0, 0.05) is 22.5 Å². The second kappa shape index (κ2) is 8.38. The number of aryl methyl sites for hydroxylation is 2. The maximum absolute atomic E-state index is 12.6. The lowest BCUT2D eigenvalue weighted by atomic mass is 10.1. The molecule has 0 unspecified atom stereocenters. The number of anilines is 2. The van der Waals surface area contributed by atoms with E-state index in [0.29, 0.717) is 11.4 Å². The summed E-state index contributed by atoms with van der Waals surface area (Å²) in [7, 11) is -3.79. The summed E-state index contributed by atoms with van der Waals surface area (Å²) in [5.74, 6) is -1.04. The largest absolute Gasteiger partial charge is 0.366 e. The van der Waals surface area contributed by atoms with Crippen molar-refractivity contribution in [3.8, 4) is 0 Å². The summed E-state index contributed by atoms with van der Waals surface area (Å²) in [4.78, 5) is 23.7. The zero-order valence-corrected chi connectivity index (χ0v) is 17.3. The Morgan fingerprint density at radius 1 is 0.800 bits per heavy atom. The predicted molar refractivity (Wildman–Crippen MR) is 116 cm³/mol. The van der Waals surface area contributed by atoms with Crippen LogP contribution in [0, 0.1) is 13.8 Å². The van der Waals surface area contributed by atoms with Crippen molar-refractivity contribution in [2.24, 2.45) is 5.73 Å². The van der Waals surface area contributed by atoms with E-state index in [2.05, 4.69) is 10.0 Å². The first kappa shape index (κ1) is 21.1. The van der Waals surface area contributed by atoms with Gasteiger partial charge in [-0.15, -0.1) is 0 Å². The number of sulfonamides is 1. The van der Waals surface area contributed by atoms with Gasteiger partial charge in [-0.1, -0.05) is 12.1 Å².